The van der Waals surface area contributed by atoms with E-state index in [-0.39, 0.29) is 17.9 Å². The predicted octanol–water partition coefficient (Wildman–Crippen LogP) is 5.56. The van der Waals surface area contributed by atoms with E-state index in [2.05, 4.69) is 5.32 Å². The number of benzene rings is 3. The Bertz CT molecular complexity index is 1500. The second kappa shape index (κ2) is 12.9. The summed E-state index contributed by atoms with van der Waals surface area (Å²) in [6.07, 6.45) is -4.77. The van der Waals surface area contributed by atoms with Gasteiger partial charge in [-0.3, -0.25) is 13.9 Å². The summed E-state index contributed by atoms with van der Waals surface area (Å²) < 4.78 is 82.7. The molecule has 220 valence electrons. The number of carbonyl (C=O) groups is 2. The molecule has 0 radical (unpaired) electrons. The lowest BCUT2D eigenvalue weighted by atomic mass is 10.1. The van der Waals surface area contributed by atoms with E-state index in [1.165, 1.54) is 55.6 Å². The number of halogens is 5. The largest absolute Gasteiger partial charge is 0.417 e. The van der Waals surface area contributed by atoms with E-state index in [0.717, 1.165) is 22.6 Å². The molecule has 3 aromatic rings. The third-order valence-corrected chi connectivity index (χ3v) is 8.45. The van der Waals surface area contributed by atoms with Crippen LogP contribution in [0, 0.1) is 12.7 Å². The van der Waals surface area contributed by atoms with Gasteiger partial charge in [-0.1, -0.05) is 48.4 Å². The van der Waals surface area contributed by atoms with Crippen LogP contribution in [-0.4, -0.2) is 44.8 Å². The van der Waals surface area contributed by atoms with Crippen LogP contribution in [0.5, 0.6) is 0 Å². The Morgan fingerprint density at radius 3 is 2.15 bits per heavy atom. The molecule has 7 nitrogen and oxygen atoms in total. The minimum Gasteiger partial charge on any atom is -0.357 e. The molecule has 0 unspecified atom stereocenters. The van der Waals surface area contributed by atoms with E-state index >= 15 is 0 Å². The van der Waals surface area contributed by atoms with Gasteiger partial charge in [-0.05, 0) is 61.4 Å². The highest BCUT2D eigenvalue weighted by Crippen LogP contribution is 2.38. The van der Waals surface area contributed by atoms with E-state index in [0.29, 0.717) is 15.9 Å². The number of amides is 2. The van der Waals surface area contributed by atoms with Gasteiger partial charge in [0.15, 0.2) is 0 Å². The van der Waals surface area contributed by atoms with Crippen molar-refractivity contribution in [1.82, 2.24) is 10.2 Å². The summed E-state index contributed by atoms with van der Waals surface area (Å²) in [7, 11) is -3.22. The van der Waals surface area contributed by atoms with Crippen molar-refractivity contribution in [2.24, 2.45) is 0 Å². The van der Waals surface area contributed by atoms with Crippen molar-refractivity contribution >= 4 is 39.1 Å². The average molecular weight is 614 g/mol. The van der Waals surface area contributed by atoms with Crippen molar-refractivity contribution < 1.29 is 35.6 Å². The number of hydrogen-bond acceptors (Lipinski definition) is 4. The van der Waals surface area contributed by atoms with Crippen LogP contribution in [0.25, 0.3) is 0 Å². The fourth-order valence-corrected chi connectivity index (χ4v) is 5.76. The van der Waals surface area contributed by atoms with Crippen molar-refractivity contribution in [2.45, 2.75) is 43.9 Å². The van der Waals surface area contributed by atoms with Crippen molar-refractivity contribution in [1.29, 1.82) is 0 Å². The number of nitrogens with zero attached hydrogens (tertiary/aromatic N) is 2. The molecule has 13 heteroatoms. The van der Waals surface area contributed by atoms with Gasteiger partial charge in [0.05, 0.1) is 21.2 Å². The van der Waals surface area contributed by atoms with Gasteiger partial charge in [0.2, 0.25) is 11.8 Å². The topological polar surface area (TPSA) is 86.8 Å². The number of alkyl halides is 3. The van der Waals surface area contributed by atoms with Crippen LogP contribution in [-0.2, 0) is 32.3 Å². The Kier molecular flexibility index (Phi) is 10.0. The van der Waals surface area contributed by atoms with Gasteiger partial charge in [-0.15, -0.1) is 0 Å². The quantitative estimate of drug-likeness (QED) is 0.304. The van der Waals surface area contributed by atoms with Gasteiger partial charge in [-0.2, -0.15) is 13.2 Å². The Morgan fingerprint density at radius 1 is 1.00 bits per heavy atom. The van der Waals surface area contributed by atoms with Gasteiger partial charge >= 0.3 is 6.18 Å². The number of anilines is 1. The van der Waals surface area contributed by atoms with Crippen molar-refractivity contribution in [3.63, 3.8) is 0 Å². The normalized spacial score (nSPS) is 12.5. The smallest absolute Gasteiger partial charge is 0.357 e. The third kappa shape index (κ3) is 7.56. The lowest BCUT2D eigenvalue weighted by Crippen LogP contribution is -2.51. The zero-order chi connectivity index (χ0) is 30.5. The van der Waals surface area contributed by atoms with Gasteiger partial charge in [0.1, 0.15) is 18.4 Å². The number of aryl methyl sites for hydroxylation is 1. The number of rotatable bonds is 10. The summed E-state index contributed by atoms with van der Waals surface area (Å²) in [5.74, 6) is -1.94. The van der Waals surface area contributed by atoms with Gasteiger partial charge < -0.3 is 10.2 Å². The fourth-order valence-electron chi connectivity index (χ4n) is 4.12. The molecule has 0 aliphatic heterocycles. The maximum absolute atomic E-state index is 13.8. The highest BCUT2D eigenvalue weighted by Gasteiger charge is 2.37. The molecule has 1 N–H and O–H groups in total. The predicted molar refractivity (Wildman–Crippen MR) is 147 cm³/mol. The first-order chi connectivity index (χ1) is 19.2. The third-order valence-electron chi connectivity index (χ3n) is 6.33. The number of carbonyl (C=O) groups excluding carboxylic acids is 2. The zero-order valence-corrected chi connectivity index (χ0v) is 23.9. The number of nitrogens with one attached hydrogen (secondary N) is 1. The summed E-state index contributed by atoms with van der Waals surface area (Å²) in [4.78, 5) is 27.4. The summed E-state index contributed by atoms with van der Waals surface area (Å²) in [5, 5.41) is 1.81. The van der Waals surface area contributed by atoms with E-state index in [1.54, 1.807) is 13.8 Å². The molecule has 0 heterocycles. The molecule has 0 bridgehead atoms. The van der Waals surface area contributed by atoms with Crippen LogP contribution in [0.4, 0.5) is 23.2 Å². The molecule has 2 amide bonds. The number of likely N-dealkylation sites (N-methyl/N-ethyl adjacent to an activating group) is 1. The van der Waals surface area contributed by atoms with Crippen LogP contribution in [0.3, 0.4) is 0 Å². The maximum atomic E-state index is 13.8. The van der Waals surface area contributed by atoms with E-state index in [1.807, 2.05) is 0 Å². The summed E-state index contributed by atoms with van der Waals surface area (Å²) in [6.45, 7) is 2.23. The fraction of sp³-hybridized carbons (Fsp3) is 0.286. The van der Waals surface area contributed by atoms with Crippen LogP contribution >= 0.6 is 11.6 Å². The molecule has 3 aromatic carbocycles. The Labute approximate surface area is 240 Å². The first-order valence-electron chi connectivity index (χ1n) is 12.4. The van der Waals surface area contributed by atoms with Crippen LogP contribution in [0.2, 0.25) is 5.02 Å². The van der Waals surface area contributed by atoms with Crippen molar-refractivity contribution in [3.8, 4) is 0 Å². The van der Waals surface area contributed by atoms with Crippen LogP contribution in [0.1, 0.15) is 30.0 Å². The van der Waals surface area contributed by atoms with E-state index in [9.17, 15) is 35.6 Å². The second-order valence-corrected chi connectivity index (χ2v) is 11.4. The molecule has 0 aliphatic rings. The van der Waals surface area contributed by atoms with Crippen molar-refractivity contribution in [2.75, 3.05) is 17.9 Å². The monoisotopic (exact) mass is 613 g/mol. The van der Waals surface area contributed by atoms with E-state index < -0.39 is 62.7 Å². The molecular formula is C28H28ClF4N3O4S. The van der Waals surface area contributed by atoms with Crippen LogP contribution in [0.15, 0.2) is 71.6 Å². The summed E-state index contributed by atoms with van der Waals surface area (Å²) in [6, 6.07) is 12.2. The van der Waals surface area contributed by atoms with Gasteiger partial charge in [-0.25, -0.2) is 12.8 Å². The average Bonchev–Trinajstić information content (AvgIpc) is 2.92. The maximum Gasteiger partial charge on any atom is 0.417 e. The van der Waals surface area contributed by atoms with Gasteiger partial charge in [0, 0.05) is 13.6 Å². The lowest BCUT2D eigenvalue weighted by molar-refractivity contribution is -0.140. The Balaban J connectivity index is 2.14. The number of sulfonamides is 1. The molecule has 0 saturated carbocycles. The Morgan fingerprint density at radius 2 is 1.61 bits per heavy atom. The lowest BCUT2D eigenvalue weighted by Gasteiger charge is -2.33. The minimum atomic E-state index is -4.91. The molecule has 0 saturated heterocycles. The van der Waals surface area contributed by atoms with Crippen LogP contribution < -0.4 is 9.62 Å². The summed E-state index contributed by atoms with van der Waals surface area (Å²) in [5.41, 5.74) is -0.557. The van der Waals surface area contributed by atoms with Gasteiger partial charge in [0.25, 0.3) is 10.0 Å². The molecular weight excluding hydrogens is 586 g/mol. The molecule has 0 fully saturated rings. The molecule has 0 aliphatic carbocycles. The zero-order valence-electron chi connectivity index (χ0n) is 22.4. The molecule has 0 spiro atoms. The minimum absolute atomic E-state index is 0.135. The molecule has 3 rings (SSSR count). The Hall–Kier alpha value is -3.64. The first-order valence-corrected chi connectivity index (χ1v) is 14.2. The number of hydrogen-bond donors (Lipinski definition) is 1. The molecule has 1 atom stereocenters. The van der Waals surface area contributed by atoms with Crippen molar-refractivity contribution in [3.05, 3.63) is 94.3 Å². The highest BCUT2D eigenvalue weighted by molar-refractivity contribution is 7.92. The standard InChI is InChI=1S/C28H28ClF4N3O4S/c1-4-25(27(38)34-3)35(16-19-7-9-20(30)10-8-19)26(37)17-36(41(39,40)22-12-5-18(2)6-13-22)21-11-14-24(29)23(15-21)28(31,32)33/h5-15,25H,4,16-17H2,1-3H3,(H,34,38)/t25-/m0/s1. The molecule has 41 heavy (non-hydrogen) atoms. The SMILES string of the molecule is CC[C@@H](C(=O)NC)N(Cc1ccc(F)cc1)C(=O)CN(c1ccc(Cl)c(C(F)(F)F)c1)S(=O)(=O)c1ccc(C)cc1. The molecule has 0 aromatic heterocycles. The first kappa shape index (κ1) is 31.9. The second-order valence-electron chi connectivity index (χ2n) is 9.17. The highest BCUT2D eigenvalue weighted by atomic mass is 35.5. The summed E-state index contributed by atoms with van der Waals surface area (Å²) >= 11 is 5.77. The van der Waals surface area contributed by atoms with E-state index in [4.69, 9.17) is 11.6 Å².